The molecule has 21 heavy (non-hydrogen) atoms. The molecule has 0 heterocycles. The van der Waals surface area contributed by atoms with Crippen LogP contribution >= 0.6 is 0 Å². The molecule has 0 bridgehead atoms. The molecular weight excluding hydrogens is 272 g/mol. The number of amides is 2. The number of methoxy groups -OCH3 is 2. The zero-order valence-corrected chi connectivity index (χ0v) is 12.9. The van der Waals surface area contributed by atoms with E-state index < -0.39 is 0 Å². The molecule has 0 aromatic carbocycles. The summed E-state index contributed by atoms with van der Waals surface area (Å²) in [4.78, 5) is 23.2. The molecule has 0 saturated heterocycles. The Morgan fingerprint density at radius 1 is 1.05 bits per heavy atom. The molecule has 0 aliphatic rings. The Balaban J connectivity index is 4.21. The predicted molar refractivity (Wildman–Crippen MR) is 81.8 cm³/mol. The van der Waals surface area contributed by atoms with Crippen molar-refractivity contribution in [2.24, 2.45) is 0 Å². The van der Waals surface area contributed by atoms with Gasteiger partial charge in [0, 0.05) is 38.5 Å². The van der Waals surface area contributed by atoms with Crippen LogP contribution in [0.2, 0.25) is 0 Å². The number of rotatable bonds is 10. The molecule has 0 unspecified atom stereocenters. The fourth-order valence-corrected chi connectivity index (χ4v) is 1.25. The monoisotopic (exact) mass is 296 g/mol. The van der Waals surface area contributed by atoms with Crippen LogP contribution in [0.1, 0.15) is 6.92 Å². The second kappa shape index (κ2) is 11.9. The summed E-state index contributed by atoms with van der Waals surface area (Å²) in [6, 6.07) is 0. The van der Waals surface area contributed by atoms with Crippen molar-refractivity contribution in [3.05, 3.63) is 36.0 Å². The summed E-state index contributed by atoms with van der Waals surface area (Å²) in [7, 11) is 3.13. The highest BCUT2D eigenvalue weighted by Crippen LogP contribution is 1.97. The third kappa shape index (κ3) is 9.59. The Morgan fingerprint density at radius 2 is 1.57 bits per heavy atom. The largest absolute Gasteiger partial charge is 0.383 e. The van der Waals surface area contributed by atoms with Crippen LogP contribution in [-0.2, 0) is 19.1 Å². The minimum Gasteiger partial charge on any atom is -0.383 e. The third-order valence-electron chi connectivity index (χ3n) is 2.48. The van der Waals surface area contributed by atoms with Crippen molar-refractivity contribution in [3.8, 4) is 0 Å². The minimum atomic E-state index is -0.265. The van der Waals surface area contributed by atoms with Crippen molar-refractivity contribution in [2.75, 3.05) is 40.5 Å². The second-order valence-electron chi connectivity index (χ2n) is 4.23. The molecule has 118 valence electrons. The van der Waals surface area contributed by atoms with Crippen LogP contribution in [0.5, 0.6) is 0 Å². The maximum atomic E-state index is 11.6. The van der Waals surface area contributed by atoms with Crippen LogP contribution in [0, 0.1) is 0 Å². The van der Waals surface area contributed by atoms with Gasteiger partial charge in [0.15, 0.2) is 0 Å². The van der Waals surface area contributed by atoms with Crippen molar-refractivity contribution < 1.29 is 19.1 Å². The Kier molecular flexibility index (Phi) is 10.8. The molecule has 6 heteroatoms. The molecule has 0 aromatic rings. The van der Waals surface area contributed by atoms with E-state index in [0.29, 0.717) is 37.4 Å². The van der Waals surface area contributed by atoms with Gasteiger partial charge in [-0.3, -0.25) is 9.59 Å². The van der Waals surface area contributed by atoms with Gasteiger partial charge in [0.1, 0.15) is 0 Å². The first-order valence-corrected chi connectivity index (χ1v) is 6.61. The lowest BCUT2D eigenvalue weighted by Gasteiger charge is -2.04. The lowest BCUT2D eigenvalue weighted by molar-refractivity contribution is -0.118. The van der Waals surface area contributed by atoms with Gasteiger partial charge in [0.05, 0.1) is 13.2 Å². The summed E-state index contributed by atoms with van der Waals surface area (Å²) in [5.74, 6) is -0.439. The van der Waals surface area contributed by atoms with Gasteiger partial charge in [-0.25, -0.2) is 0 Å². The number of hydrogen-bond acceptors (Lipinski definition) is 4. The van der Waals surface area contributed by atoms with Crippen LogP contribution < -0.4 is 10.6 Å². The fraction of sp³-hybridized carbons (Fsp3) is 0.467. The van der Waals surface area contributed by atoms with Gasteiger partial charge in [0.2, 0.25) is 5.91 Å². The number of carbonyl (C=O) groups excluding carboxylic acids is 2. The van der Waals surface area contributed by atoms with E-state index in [2.05, 4.69) is 17.2 Å². The smallest absolute Gasteiger partial charge is 0.250 e. The summed E-state index contributed by atoms with van der Waals surface area (Å²) in [6.07, 6.45) is 4.79. The first kappa shape index (κ1) is 19.1. The minimum absolute atomic E-state index is 0.174. The van der Waals surface area contributed by atoms with E-state index in [1.165, 1.54) is 0 Å². The van der Waals surface area contributed by atoms with Gasteiger partial charge >= 0.3 is 0 Å². The van der Waals surface area contributed by atoms with Crippen molar-refractivity contribution in [1.29, 1.82) is 0 Å². The molecule has 0 rings (SSSR count). The summed E-state index contributed by atoms with van der Waals surface area (Å²) >= 11 is 0. The van der Waals surface area contributed by atoms with E-state index in [1.807, 2.05) is 0 Å². The maximum absolute atomic E-state index is 11.6. The Labute approximate surface area is 125 Å². The molecule has 0 aromatic heterocycles. The molecule has 0 saturated carbocycles. The lowest BCUT2D eigenvalue weighted by atomic mass is 10.2. The SMILES string of the molecule is C=C(/C=C\C=C(/C)C(=O)NCCOC)C(=O)NCCOC. The van der Waals surface area contributed by atoms with Crippen LogP contribution in [0.4, 0.5) is 0 Å². The van der Waals surface area contributed by atoms with E-state index in [9.17, 15) is 9.59 Å². The normalized spacial score (nSPS) is 11.5. The molecule has 6 nitrogen and oxygen atoms in total. The van der Waals surface area contributed by atoms with Gasteiger partial charge in [-0.2, -0.15) is 0 Å². The Bertz CT molecular complexity index is 414. The first-order valence-electron chi connectivity index (χ1n) is 6.61. The standard InChI is InChI=1S/C15H24N2O4/c1-12(14(18)16-8-10-20-3)6-5-7-13(2)15(19)17-9-11-21-4/h5-7H,1,8-11H2,2-4H3,(H,16,18)(H,17,19)/b6-5-,13-7+. The third-order valence-corrected chi connectivity index (χ3v) is 2.48. The quantitative estimate of drug-likeness (QED) is 0.351. The molecule has 0 radical (unpaired) electrons. The molecule has 0 aliphatic carbocycles. The fourth-order valence-electron chi connectivity index (χ4n) is 1.25. The highest BCUT2D eigenvalue weighted by atomic mass is 16.5. The summed E-state index contributed by atoms with van der Waals surface area (Å²) in [6.45, 7) is 7.14. The first-order chi connectivity index (χ1) is 10.0. The molecule has 2 N–H and O–H groups in total. The number of allylic oxidation sites excluding steroid dienone is 2. The topological polar surface area (TPSA) is 76.7 Å². The summed E-state index contributed by atoms with van der Waals surface area (Å²) in [5, 5.41) is 5.35. The van der Waals surface area contributed by atoms with Crippen molar-refractivity contribution in [3.63, 3.8) is 0 Å². The number of hydrogen-bond donors (Lipinski definition) is 2. The maximum Gasteiger partial charge on any atom is 0.250 e. The summed E-state index contributed by atoms with van der Waals surface area (Å²) in [5.41, 5.74) is 0.852. The van der Waals surface area contributed by atoms with Crippen LogP contribution in [0.15, 0.2) is 36.0 Å². The van der Waals surface area contributed by atoms with Crippen LogP contribution in [0.25, 0.3) is 0 Å². The highest BCUT2D eigenvalue weighted by molar-refractivity contribution is 5.96. The zero-order valence-electron chi connectivity index (χ0n) is 12.9. The van der Waals surface area contributed by atoms with Gasteiger partial charge < -0.3 is 20.1 Å². The number of carbonyl (C=O) groups is 2. The summed E-state index contributed by atoms with van der Waals surface area (Å²) < 4.78 is 9.66. The molecule has 0 atom stereocenters. The van der Waals surface area contributed by atoms with E-state index >= 15 is 0 Å². The molecule has 2 amide bonds. The van der Waals surface area contributed by atoms with E-state index in [0.717, 1.165) is 0 Å². The molecule has 0 aliphatic heterocycles. The van der Waals surface area contributed by atoms with Crippen LogP contribution in [-0.4, -0.2) is 52.3 Å². The number of ether oxygens (including phenoxy) is 2. The second-order valence-corrected chi connectivity index (χ2v) is 4.23. The van der Waals surface area contributed by atoms with E-state index in [4.69, 9.17) is 9.47 Å². The van der Waals surface area contributed by atoms with E-state index in [1.54, 1.807) is 39.4 Å². The zero-order chi connectivity index (χ0) is 16.1. The average Bonchev–Trinajstić information content (AvgIpc) is 2.47. The van der Waals surface area contributed by atoms with Crippen LogP contribution in [0.3, 0.4) is 0 Å². The molecule has 0 fully saturated rings. The predicted octanol–water partition coefficient (Wildman–Crippen LogP) is 0.570. The number of nitrogens with one attached hydrogen (secondary N) is 2. The van der Waals surface area contributed by atoms with E-state index in [-0.39, 0.29) is 11.8 Å². The van der Waals surface area contributed by atoms with Gasteiger partial charge in [-0.1, -0.05) is 24.8 Å². The Morgan fingerprint density at radius 3 is 2.10 bits per heavy atom. The molecular formula is C15H24N2O4. The van der Waals surface area contributed by atoms with Gasteiger partial charge in [0.25, 0.3) is 5.91 Å². The Hall–Kier alpha value is -1.92. The van der Waals surface area contributed by atoms with Crippen molar-refractivity contribution in [1.82, 2.24) is 10.6 Å². The van der Waals surface area contributed by atoms with Gasteiger partial charge in [-0.15, -0.1) is 0 Å². The van der Waals surface area contributed by atoms with Gasteiger partial charge in [-0.05, 0) is 6.92 Å². The van der Waals surface area contributed by atoms with Crippen molar-refractivity contribution >= 4 is 11.8 Å². The van der Waals surface area contributed by atoms with Crippen molar-refractivity contribution in [2.45, 2.75) is 6.92 Å². The molecule has 0 spiro atoms. The highest BCUT2D eigenvalue weighted by Gasteiger charge is 2.03. The lowest BCUT2D eigenvalue weighted by Crippen LogP contribution is -2.27. The average molecular weight is 296 g/mol.